The number of rotatable bonds is 7. The molecule has 10 nitrogen and oxygen atoms in total. The van der Waals surface area contributed by atoms with Gasteiger partial charge < -0.3 is 24.3 Å². The Morgan fingerprint density at radius 2 is 1.77 bits per heavy atom. The van der Waals surface area contributed by atoms with Crippen LogP contribution in [0.1, 0.15) is 23.0 Å². The number of para-hydroxylation sites is 1. The lowest BCUT2D eigenvalue weighted by Crippen LogP contribution is -2.64. The first-order valence-corrected chi connectivity index (χ1v) is 12.8. The van der Waals surface area contributed by atoms with Crippen molar-refractivity contribution >= 4 is 17.5 Å². The number of hydrogen-bond donors (Lipinski definition) is 1. The van der Waals surface area contributed by atoms with Crippen LogP contribution >= 0.6 is 0 Å². The highest BCUT2D eigenvalue weighted by atomic mass is 16.7. The molecular weight excluding hydrogens is 512 g/mol. The van der Waals surface area contributed by atoms with E-state index in [9.17, 15) is 9.59 Å². The first-order valence-electron chi connectivity index (χ1n) is 12.8. The monoisotopic (exact) mass is 540 g/mol. The number of benzene rings is 3. The topological polar surface area (TPSA) is 104 Å². The second-order valence-electron chi connectivity index (χ2n) is 9.75. The molecule has 1 N–H and O–H groups in total. The van der Waals surface area contributed by atoms with Gasteiger partial charge in [0.25, 0.3) is 5.91 Å². The van der Waals surface area contributed by atoms with E-state index < -0.39 is 5.54 Å². The molecule has 0 radical (unpaired) electrons. The quantitative estimate of drug-likeness (QED) is 0.377. The molecule has 1 unspecified atom stereocenters. The smallest absolute Gasteiger partial charge is 0.277 e. The predicted octanol–water partition coefficient (Wildman–Crippen LogP) is 4.03. The van der Waals surface area contributed by atoms with E-state index in [0.29, 0.717) is 34.3 Å². The molecule has 1 aromatic heterocycles. The Bertz CT molecular complexity index is 1600. The number of ether oxygens (including phenoxy) is 4. The minimum absolute atomic E-state index is 0.0986. The molecule has 0 saturated heterocycles. The molecule has 0 saturated carbocycles. The summed E-state index contributed by atoms with van der Waals surface area (Å²) in [4.78, 5) is 29.6. The van der Waals surface area contributed by atoms with Crippen LogP contribution in [-0.4, -0.2) is 48.1 Å². The Kier molecular flexibility index (Phi) is 6.30. The first kappa shape index (κ1) is 25.3. The molecule has 2 amide bonds. The highest BCUT2D eigenvalue weighted by molar-refractivity contribution is 6.12. The summed E-state index contributed by atoms with van der Waals surface area (Å²) in [5, 5.41) is 7.73. The fourth-order valence-corrected chi connectivity index (χ4v) is 5.13. The molecule has 1 atom stereocenters. The lowest BCUT2D eigenvalue weighted by molar-refractivity contribution is -0.126. The summed E-state index contributed by atoms with van der Waals surface area (Å²) in [6, 6.07) is 21.9. The van der Waals surface area contributed by atoms with E-state index in [0.717, 1.165) is 16.9 Å². The van der Waals surface area contributed by atoms with E-state index in [2.05, 4.69) is 5.32 Å². The number of aromatic nitrogens is 2. The van der Waals surface area contributed by atoms with Crippen LogP contribution in [0.25, 0.3) is 11.3 Å². The van der Waals surface area contributed by atoms with Crippen LogP contribution in [-0.2, 0) is 17.9 Å². The van der Waals surface area contributed by atoms with Gasteiger partial charge in [-0.3, -0.25) is 19.2 Å². The van der Waals surface area contributed by atoms with Crippen molar-refractivity contribution in [2.75, 3.05) is 25.9 Å². The summed E-state index contributed by atoms with van der Waals surface area (Å²) in [5.41, 5.74) is 1.84. The zero-order valence-electron chi connectivity index (χ0n) is 22.3. The Morgan fingerprint density at radius 1 is 1.00 bits per heavy atom. The van der Waals surface area contributed by atoms with Crippen LogP contribution in [0.15, 0.2) is 72.8 Å². The third-order valence-corrected chi connectivity index (χ3v) is 7.27. The molecule has 4 aromatic rings. The van der Waals surface area contributed by atoms with E-state index in [1.165, 1.54) is 4.90 Å². The number of anilines is 1. The lowest BCUT2D eigenvalue weighted by Gasteiger charge is -2.43. The summed E-state index contributed by atoms with van der Waals surface area (Å²) in [6.07, 6.45) is 0. The highest BCUT2D eigenvalue weighted by Crippen LogP contribution is 2.40. The standard InChI is InChI=1S/C30H28N4O6/c1-30(29(36)31-16-20-6-4-5-7-25(20)38-3)17-33-24(15-23(32-33)19-8-11-22(37-2)12-9-19)28(35)34(30)21-10-13-26-27(14-21)40-18-39-26/h4-15H,16-18H2,1-3H3,(H,31,36). The lowest BCUT2D eigenvalue weighted by atomic mass is 9.93. The van der Waals surface area contributed by atoms with Crippen molar-refractivity contribution in [3.05, 3.63) is 84.1 Å². The maximum absolute atomic E-state index is 14.1. The maximum Gasteiger partial charge on any atom is 0.277 e. The average molecular weight is 541 g/mol. The number of hydrogen-bond acceptors (Lipinski definition) is 7. The fraction of sp³-hybridized carbons (Fsp3) is 0.233. The van der Waals surface area contributed by atoms with Crippen LogP contribution in [0.5, 0.6) is 23.0 Å². The third kappa shape index (κ3) is 4.27. The van der Waals surface area contributed by atoms with Crippen molar-refractivity contribution in [2.45, 2.75) is 25.6 Å². The summed E-state index contributed by atoms with van der Waals surface area (Å²) in [6.45, 7) is 2.20. The maximum atomic E-state index is 14.1. The van der Waals surface area contributed by atoms with E-state index in [1.807, 2.05) is 48.5 Å². The zero-order valence-corrected chi connectivity index (χ0v) is 22.3. The van der Waals surface area contributed by atoms with Gasteiger partial charge in [0.2, 0.25) is 12.7 Å². The van der Waals surface area contributed by atoms with Crippen molar-refractivity contribution < 1.29 is 28.5 Å². The Hall–Kier alpha value is -4.99. The number of carbonyl (C=O) groups excluding carboxylic acids is 2. The Balaban J connectivity index is 1.38. The molecule has 3 heterocycles. The molecule has 204 valence electrons. The molecule has 0 bridgehead atoms. The molecule has 2 aliphatic heterocycles. The van der Waals surface area contributed by atoms with Crippen LogP contribution in [0.2, 0.25) is 0 Å². The number of methoxy groups -OCH3 is 2. The van der Waals surface area contributed by atoms with E-state index >= 15 is 0 Å². The van der Waals surface area contributed by atoms with E-state index in [-0.39, 0.29) is 31.7 Å². The van der Waals surface area contributed by atoms with Crippen LogP contribution in [0, 0.1) is 0 Å². The second kappa shape index (κ2) is 9.96. The third-order valence-electron chi connectivity index (χ3n) is 7.27. The molecule has 3 aromatic carbocycles. The van der Waals surface area contributed by atoms with Gasteiger partial charge in [-0.2, -0.15) is 5.10 Å². The molecule has 0 aliphatic carbocycles. The molecule has 2 aliphatic rings. The molecule has 10 heteroatoms. The fourth-order valence-electron chi connectivity index (χ4n) is 5.13. The van der Waals surface area contributed by atoms with Crippen molar-refractivity contribution in [3.63, 3.8) is 0 Å². The summed E-state index contributed by atoms with van der Waals surface area (Å²) >= 11 is 0. The van der Waals surface area contributed by atoms with Gasteiger partial charge in [-0.1, -0.05) is 18.2 Å². The van der Waals surface area contributed by atoms with Crippen molar-refractivity contribution in [2.24, 2.45) is 0 Å². The van der Waals surface area contributed by atoms with Crippen LogP contribution in [0.3, 0.4) is 0 Å². The van der Waals surface area contributed by atoms with Crippen LogP contribution < -0.4 is 29.2 Å². The zero-order chi connectivity index (χ0) is 27.9. The molecule has 40 heavy (non-hydrogen) atoms. The summed E-state index contributed by atoms with van der Waals surface area (Å²) in [7, 11) is 3.19. The van der Waals surface area contributed by atoms with Gasteiger partial charge in [0.15, 0.2) is 11.5 Å². The number of carbonyl (C=O) groups is 2. The minimum atomic E-state index is -1.32. The number of nitrogens with one attached hydrogen (secondary N) is 1. The van der Waals surface area contributed by atoms with Gasteiger partial charge >= 0.3 is 0 Å². The second-order valence-corrected chi connectivity index (χ2v) is 9.75. The predicted molar refractivity (Wildman–Crippen MR) is 147 cm³/mol. The van der Waals surface area contributed by atoms with E-state index in [4.69, 9.17) is 24.0 Å². The van der Waals surface area contributed by atoms with Gasteiger partial charge in [-0.25, -0.2) is 0 Å². The Labute approximate surface area is 231 Å². The van der Waals surface area contributed by atoms with Crippen molar-refractivity contribution in [1.82, 2.24) is 15.1 Å². The minimum Gasteiger partial charge on any atom is -0.497 e. The first-order chi connectivity index (χ1) is 19.4. The number of amides is 2. The normalized spacial score (nSPS) is 17.4. The average Bonchev–Trinajstić information content (AvgIpc) is 3.63. The SMILES string of the molecule is COc1ccc(-c2cc3n(n2)CC(C)(C(=O)NCc2ccccc2OC)N(c2ccc4c(c2)OCO4)C3=O)cc1. The number of nitrogens with zero attached hydrogens (tertiary/aromatic N) is 3. The summed E-state index contributed by atoms with van der Waals surface area (Å²) in [5.74, 6) is 1.79. The van der Waals surface area contributed by atoms with Crippen molar-refractivity contribution in [1.29, 1.82) is 0 Å². The molecule has 6 rings (SSSR count). The van der Waals surface area contributed by atoms with Gasteiger partial charge in [-0.15, -0.1) is 0 Å². The van der Waals surface area contributed by atoms with Crippen molar-refractivity contribution in [3.8, 4) is 34.3 Å². The molecule has 0 fully saturated rings. The van der Waals surface area contributed by atoms with Crippen LogP contribution in [0.4, 0.5) is 5.69 Å². The molecule has 0 spiro atoms. The highest BCUT2D eigenvalue weighted by Gasteiger charge is 2.49. The Morgan fingerprint density at radius 3 is 2.55 bits per heavy atom. The largest absolute Gasteiger partial charge is 0.497 e. The van der Waals surface area contributed by atoms with Gasteiger partial charge in [-0.05, 0) is 55.5 Å². The molecular formula is C30H28N4O6. The van der Waals surface area contributed by atoms with Gasteiger partial charge in [0.05, 0.1) is 26.5 Å². The van der Waals surface area contributed by atoms with Gasteiger partial charge in [0, 0.05) is 29.4 Å². The van der Waals surface area contributed by atoms with E-state index in [1.54, 1.807) is 50.1 Å². The summed E-state index contributed by atoms with van der Waals surface area (Å²) < 4.78 is 23.3. The van der Waals surface area contributed by atoms with Gasteiger partial charge in [0.1, 0.15) is 22.7 Å². The number of fused-ring (bicyclic) bond motifs is 2.